The van der Waals surface area contributed by atoms with Gasteiger partial charge in [-0.05, 0) is 24.1 Å². The van der Waals surface area contributed by atoms with Gasteiger partial charge in [0.05, 0.1) is 6.61 Å². The maximum absolute atomic E-state index is 11.8. The Kier molecular flexibility index (Phi) is 4.14. The van der Waals surface area contributed by atoms with Gasteiger partial charge in [-0.25, -0.2) is 0 Å². The smallest absolute Gasteiger partial charge is 0.406 e. The Hall–Kier alpha value is -1.27. The molecule has 1 atom stereocenters. The number of alkyl halides is 3. The van der Waals surface area contributed by atoms with E-state index in [1.165, 1.54) is 24.3 Å². The number of aliphatic hydroxyl groups excluding tert-OH is 1. The number of rotatable bonds is 4. The molecule has 0 radical (unpaired) electrons. The second-order valence-electron chi connectivity index (χ2n) is 3.34. The molecule has 1 aromatic carbocycles. The summed E-state index contributed by atoms with van der Waals surface area (Å²) in [5.74, 6) is -0.270. The number of ether oxygens (including phenoxy) is 1. The molecule has 0 fully saturated rings. The number of halogens is 3. The number of aliphatic hydroxyl groups is 1. The lowest BCUT2D eigenvalue weighted by atomic mass is 10.1. The van der Waals surface area contributed by atoms with Crippen LogP contribution in [0.4, 0.5) is 13.2 Å². The molecular weight excluding hydrogens is 223 g/mol. The van der Waals surface area contributed by atoms with Gasteiger partial charge < -0.3 is 15.6 Å². The van der Waals surface area contributed by atoms with E-state index in [9.17, 15) is 13.2 Å². The highest BCUT2D eigenvalue weighted by molar-refractivity contribution is 5.27. The van der Waals surface area contributed by atoms with Gasteiger partial charge in [-0.1, -0.05) is 12.1 Å². The van der Waals surface area contributed by atoms with Crippen LogP contribution < -0.4 is 10.5 Å². The van der Waals surface area contributed by atoms with Crippen molar-refractivity contribution in [2.75, 3.05) is 6.61 Å². The van der Waals surface area contributed by atoms with Crippen molar-refractivity contribution < 1.29 is 23.0 Å². The molecule has 0 aliphatic carbocycles. The minimum Gasteiger partial charge on any atom is -0.406 e. The van der Waals surface area contributed by atoms with Crippen LogP contribution in [0, 0.1) is 0 Å². The third kappa shape index (κ3) is 4.50. The lowest BCUT2D eigenvalue weighted by Gasteiger charge is -2.10. The zero-order chi connectivity index (χ0) is 12.2. The second-order valence-corrected chi connectivity index (χ2v) is 3.34. The molecule has 0 amide bonds. The Labute approximate surface area is 90.6 Å². The number of benzene rings is 1. The molecule has 0 bridgehead atoms. The van der Waals surface area contributed by atoms with Crippen LogP contribution in [-0.4, -0.2) is 24.1 Å². The minimum absolute atomic E-state index is 0.166. The molecule has 0 aliphatic rings. The molecule has 0 spiro atoms. The maximum atomic E-state index is 11.8. The lowest BCUT2D eigenvalue weighted by molar-refractivity contribution is -0.274. The van der Waals surface area contributed by atoms with E-state index in [2.05, 4.69) is 4.74 Å². The topological polar surface area (TPSA) is 55.5 Å². The Bertz CT molecular complexity index is 324. The van der Waals surface area contributed by atoms with Crippen LogP contribution in [-0.2, 0) is 6.42 Å². The highest BCUT2D eigenvalue weighted by Gasteiger charge is 2.30. The summed E-state index contributed by atoms with van der Waals surface area (Å²) in [5, 5.41) is 8.71. The first kappa shape index (κ1) is 12.8. The molecule has 3 nitrogen and oxygen atoms in total. The molecule has 90 valence electrons. The molecule has 3 N–H and O–H groups in total. The van der Waals surface area contributed by atoms with Crippen LogP contribution in [0.25, 0.3) is 0 Å². The zero-order valence-corrected chi connectivity index (χ0v) is 8.37. The van der Waals surface area contributed by atoms with Gasteiger partial charge in [0.2, 0.25) is 0 Å². The first-order valence-electron chi connectivity index (χ1n) is 4.62. The maximum Gasteiger partial charge on any atom is 0.573 e. The average Bonchev–Trinajstić information content (AvgIpc) is 2.18. The third-order valence-electron chi connectivity index (χ3n) is 1.89. The third-order valence-corrected chi connectivity index (χ3v) is 1.89. The average molecular weight is 235 g/mol. The van der Waals surface area contributed by atoms with Crippen molar-refractivity contribution in [3.63, 3.8) is 0 Å². The zero-order valence-electron chi connectivity index (χ0n) is 8.37. The molecule has 0 aromatic heterocycles. The van der Waals surface area contributed by atoms with E-state index >= 15 is 0 Å². The molecule has 16 heavy (non-hydrogen) atoms. The molecule has 1 unspecified atom stereocenters. The van der Waals surface area contributed by atoms with Crippen LogP contribution in [0.5, 0.6) is 5.75 Å². The van der Waals surface area contributed by atoms with Crippen molar-refractivity contribution in [1.82, 2.24) is 0 Å². The van der Waals surface area contributed by atoms with Crippen LogP contribution in [0.1, 0.15) is 5.56 Å². The van der Waals surface area contributed by atoms with Crippen molar-refractivity contribution in [3.05, 3.63) is 29.8 Å². The van der Waals surface area contributed by atoms with Crippen LogP contribution >= 0.6 is 0 Å². The van der Waals surface area contributed by atoms with Gasteiger partial charge in [-0.15, -0.1) is 13.2 Å². The van der Waals surface area contributed by atoms with Gasteiger partial charge in [-0.2, -0.15) is 0 Å². The molecule has 0 heterocycles. The number of hydrogen-bond acceptors (Lipinski definition) is 3. The molecule has 1 aromatic rings. The van der Waals surface area contributed by atoms with Crippen molar-refractivity contribution in [2.24, 2.45) is 5.73 Å². The highest BCUT2D eigenvalue weighted by Crippen LogP contribution is 2.22. The highest BCUT2D eigenvalue weighted by atomic mass is 19.4. The summed E-state index contributed by atoms with van der Waals surface area (Å²) in [5.41, 5.74) is 6.23. The summed E-state index contributed by atoms with van der Waals surface area (Å²) in [6.07, 6.45) is -4.27. The predicted molar refractivity (Wildman–Crippen MR) is 51.9 cm³/mol. The van der Waals surface area contributed by atoms with Gasteiger partial charge in [0.25, 0.3) is 0 Å². The fourth-order valence-electron chi connectivity index (χ4n) is 1.19. The van der Waals surface area contributed by atoms with Gasteiger partial charge >= 0.3 is 6.36 Å². The second kappa shape index (κ2) is 5.18. The summed E-state index contributed by atoms with van der Waals surface area (Å²) in [7, 11) is 0. The van der Waals surface area contributed by atoms with E-state index < -0.39 is 12.4 Å². The van der Waals surface area contributed by atoms with E-state index in [1.54, 1.807) is 0 Å². The van der Waals surface area contributed by atoms with E-state index in [0.717, 1.165) is 5.56 Å². The van der Waals surface area contributed by atoms with E-state index in [0.29, 0.717) is 6.42 Å². The summed E-state index contributed by atoms with van der Waals surface area (Å²) in [4.78, 5) is 0. The summed E-state index contributed by atoms with van der Waals surface area (Å²) >= 11 is 0. The Morgan fingerprint density at radius 3 is 2.25 bits per heavy atom. The Morgan fingerprint density at radius 2 is 1.81 bits per heavy atom. The summed E-state index contributed by atoms with van der Waals surface area (Å²) in [6, 6.07) is 4.99. The summed E-state index contributed by atoms with van der Waals surface area (Å²) in [6.45, 7) is -0.166. The van der Waals surface area contributed by atoms with Crippen molar-refractivity contribution in [3.8, 4) is 5.75 Å². The molecule has 0 saturated carbocycles. The first-order chi connectivity index (χ1) is 7.40. The van der Waals surface area contributed by atoms with Crippen molar-refractivity contribution in [2.45, 2.75) is 18.8 Å². The van der Waals surface area contributed by atoms with Crippen molar-refractivity contribution in [1.29, 1.82) is 0 Å². The van der Waals surface area contributed by atoms with Gasteiger partial charge in [0.15, 0.2) is 0 Å². The normalized spacial score (nSPS) is 13.6. The summed E-state index contributed by atoms with van der Waals surface area (Å²) < 4.78 is 39.2. The van der Waals surface area contributed by atoms with Crippen molar-refractivity contribution >= 4 is 0 Å². The quantitative estimate of drug-likeness (QED) is 0.830. The monoisotopic (exact) mass is 235 g/mol. The predicted octanol–water partition coefficient (Wildman–Crippen LogP) is 1.45. The molecular formula is C10H12F3NO2. The van der Waals surface area contributed by atoms with Crippen LogP contribution in [0.2, 0.25) is 0 Å². The van der Waals surface area contributed by atoms with E-state index in [1.807, 2.05) is 0 Å². The van der Waals surface area contributed by atoms with E-state index in [-0.39, 0.29) is 12.4 Å². The largest absolute Gasteiger partial charge is 0.573 e. The first-order valence-corrected chi connectivity index (χ1v) is 4.62. The lowest BCUT2D eigenvalue weighted by Crippen LogP contribution is -2.26. The number of hydrogen-bond donors (Lipinski definition) is 2. The molecule has 0 saturated heterocycles. The van der Waals surface area contributed by atoms with Gasteiger partial charge in [0, 0.05) is 6.04 Å². The fourth-order valence-corrected chi connectivity index (χ4v) is 1.19. The van der Waals surface area contributed by atoms with Gasteiger partial charge in [0.1, 0.15) is 5.75 Å². The number of nitrogens with two attached hydrogens (primary N) is 1. The standard InChI is InChI=1S/C10H12F3NO2/c11-10(12,13)16-9-3-1-7(2-4-9)5-8(14)6-15/h1-4,8,15H,5-6,14H2. The fraction of sp³-hybridized carbons (Fsp3) is 0.400. The van der Waals surface area contributed by atoms with Crippen LogP contribution in [0.15, 0.2) is 24.3 Å². The van der Waals surface area contributed by atoms with E-state index in [4.69, 9.17) is 10.8 Å². The molecule has 6 heteroatoms. The Morgan fingerprint density at radius 1 is 1.25 bits per heavy atom. The minimum atomic E-state index is -4.68. The Balaban J connectivity index is 2.61. The molecule has 1 rings (SSSR count). The molecule has 0 aliphatic heterocycles. The van der Waals surface area contributed by atoms with Crippen LogP contribution in [0.3, 0.4) is 0 Å². The SMILES string of the molecule is NC(CO)Cc1ccc(OC(F)(F)F)cc1. The van der Waals surface area contributed by atoms with Gasteiger partial charge in [-0.3, -0.25) is 0 Å².